The molecular formula is C13H22F2N2O. The van der Waals surface area contributed by atoms with E-state index in [2.05, 4.69) is 26.1 Å². The second-order valence-corrected chi connectivity index (χ2v) is 5.61. The lowest BCUT2D eigenvalue weighted by Crippen LogP contribution is -2.34. The van der Waals surface area contributed by atoms with Crippen molar-refractivity contribution in [3.05, 3.63) is 23.7 Å². The van der Waals surface area contributed by atoms with Crippen molar-refractivity contribution >= 4 is 0 Å². The molecule has 0 unspecified atom stereocenters. The number of rotatable bonds is 6. The standard InChI is InChI=1S/C13H22F2N2O/c1-13(2,3)16-6-10-5-11(18-9-10)7-17(4)8-12(14)15/h5,9,12,16H,6-8H2,1-4H3. The van der Waals surface area contributed by atoms with E-state index in [1.807, 2.05) is 6.07 Å². The van der Waals surface area contributed by atoms with Crippen LogP contribution in [0.3, 0.4) is 0 Å². The van der Waals surface area contributed by atoms with E-state index in [4.69, 9.17) is 4.42 Å². The normalized spacial score (nSPS) is 12.7. The number of nitrogens with zero attached hydrogens (tertiary/aromatic N) is 1. The highest BCUT2D eigenvalue weighted by molar-refractivity contribution is 5.12. The van der Waals surface area contributed by atoms with Crippen molar-refractivity contribution < 1.29 is 13.2 Å². The molecule has 0 aliphatic heterocycles. The minimum Gasteiger partial charge on any atom is -0.468 e. The fourth-order valence-electron chi connectivity index (χ4n) is 1.54. The van der Waals surface area contributed by atoms with Gasteiger partial charge >= 0.3 is 0 Å². The maximum Gasteiger partial charge on any atom is 0.251 e. The molecule has 1 heterocycles. The van der Waals surface area contributed by atoms with Gasteiger partial charge in [-0.25, -0.2) is 8.78 Å². The summed E-state index contributed by atoms with van der Waals surface area (Å²) in [5.74, 6) is 0.712. The topological polar surface area (TPSA) is 28.4 Å². The Morgan fingerprint density at radius 2 is 2.06 bits per heavy atom. The maximum atomic E-state index is 12.2. The Bertz CT molecular complexity index is 358. The predicted octanol–water partition coefficient (Wildman–Crippen LogP) is 2.86. The fraction of sp³-hybridized carbons (Fsp3) is 0.692. The van der Waals surface area contributed by atoms with E-state index in [1.165, 1.54) is 0 Å². The molecule has 0 aliphatic carbocycles. The molecule has 1 rings (SSSR count). The average Bonchev–Trinajstić information content (AvgIpc) is 2.60. The van der Waals surface area contributed by atoms with E-state index in [1.54, 1.807) is 18.2 Å². The molecule has 1 aromatic rings. The number of halogens is 2. The van der Waals surface area contributed by atoms with Crippen LogP contribution in [0.1, 0.15) is 32.1 Å². The van der Waals surface area contributed by atoms with E-state index in [9.17, 15) is 8.78 Å². The van der Waals surface area contributed by atoms with Crippen LogP contribution >= 0.6 is 0 Å². The Kier molecular flexibility index (Phi) is 5.28. The van der Waals surface area contributed by atoms with Crippen LogP contribution in [-0.4, -0.2) is 30.5 Å². The summed E-state index contributed by atoms with van der Waals surface area (Å²) in [6.45, 7) is 7.14. The molecule has 0 aromatic carbocycles. The van der Waals surface area contributed by atoms with Crippen molar-refractivity contribution in [2.45, 2.75) is 45.8 Å². The summed E-state index contributed by atoms with van der Waals surface area (Å²) in [5.41, 5.74) is 1.08. The molecule has 18 heavy (non-hydrogen) atoms. The average molecular weight is 260 g/mol. The number of nitrogens with one attached hydrogen (secondary N) is 1. The predicted molar refractivity (Wildman–Crippen MR) is 67.6 cm³/mol. The summed E-state index contributed by atoms with van der Waals surface area (Å²) in [7, 11) is 1.65. The van der Waals surface area contributed by atoms with E-state index in [0.29, 0.717) is 18.8 Å². The van der Waals surface area contributed by atoms with Gasteiger partial charge in [0.05, 0.1) is 19.4 Å². The lowest BCUT2D eigenvalue weighted by atomic mass is 10.1. The van der Waals surface area contributed by atoms with E-state index >= 15 is 0 Å². The molecule has 1 aromatic heterocycles. The van der Waals surface area contributed by atoms with Gasteiger partial charge in [-0.3, -0.25) is 4.90 Å². The monoisotopic (exact) mass is 260 g/mol. The van der Waals surface area contributed by atoms with Crippen molar-refractivity contribution in [2.24, 2.45) is 0 Å². The Hall–Kier alpha value is -0.940. The van der Waals surface area contributed by atoms with Crippen LogP contribution < -0.4 is 5.32 Å². The molecule has 104 valence electrons. The molecule has 0 saturated carbocycles. The van der Waals surface area contributed by atoms with Crippen LogP contribution in [-0.2, 0) is 13.1 Å². The van der Waals surface area contributed by atoms with Crippen molar-refractivity contribution in [3.63, 3.8) is 0 Å². The first-order valence-electron chi connectivity index (χ1n) is 6.04. The first-order chi connectivity index (χ1) is 8.26. The first kappa shape index (κ1) is 15.1. The molecule has 0 bridgehead atoms. The SMILES string of the molecule is CN(Cc1cc(CNC(C)(C)C)co1)CC(F)F. The number of alkyl halides is 2. The number of hydrogen-bond donors (Lipinski definition) is 1. The molecule has 3 nitrogen and oxygen atoms in total. The van der Waals surface area contributed by atoms with Gasteiger partial charge in [-0.15, -0.1) is 0 Å². The van der Waals surface area contributed by atoms with Gasteiger partial charge in [0.2, 0.25) is 0 Å². The van der Waals surface area contributed by atoms with Gasteiger partial charge in [0.15, 0.2) is 0 Å². The van der Waals surface area contributed by atoms with Crippen molar-refractivity contribution in [1.82, 2.24) is 10.2 Å². The third-order valence-electron chi connectivity index (χ3n) is 2.41. The van der Waals surface area contributed by atoms with Crippen molar-refractivity contribution in [3.8, 4) is 0 Å². The number of hydrogen-bond acceptors (Lipinski definition) is 3. The maximum absolute atomic E-state index is 12.2. The molecule has 1 N–H and O–H groups in total. The Balaban J connectivity index is 2.43. The molecular weight excluding hydrogens is 238 g/mol. The van der Waals surface area contributed by atoms with Gasteiger partial charge in [-0.2, -0.15) is 0 Å². The van der Waals surface area contributed by atoms with E-state index < -0.39 is 6.43 Å². The molecule has 0 aliphatic rings. The zero-order chi connectivity index (χ0) is 13.8. The lowest BCUT2D eigenvalue weighted by Gasteiger charge is -2.19. The summed E-state index contributed by atoms with van der Waals surface area (Å²) in [6.07, 6.45) is -0.642. The summed E-state index contributed by atoms with van der Waals surface area (Å²) < 4.78 is 29.7. The van der Waals surface area contributed by atoms with Gasteiger partial charge in [0, 0.05) is 17.6 Å². The van der Waals surface area contributed by atoms with Crippen molar-refractivity contribution in [2.75, 3.05) is 13.6 Å². The molecule has 5 heteroatoms. The Morgan fingerprint density at radius 1 is 1.39 bits per heavy atom. The van der Waals surface area contributed by atoms with Crippen LogP contribution in [0, 0.1) is 0 Å². The van der Waals surface area contributed by atoms with Crippen molar-refractivity contribution in [1.29, 1.82) is 0 Å². The Morgan fingerprint density at radius 3 is 2.61 bits per heavy atom. The highest BCUT2D eigenvalue weighted by Crippen LogP contribution is 2.12. The van der Waals surface area contributed by atoms with Gasteiger partial charge < -0.3 is 9.73 Å². The second-order valence-electron chi connectivity index (χ2n) is 5.61. The molecule has 0 spiro atoms. The summed E-state index contributed by atoms with van der Waals surface area (Å²) in [6, 6.07) is 1.90. The van der Waals surface area contributed by atoms with Crippen LogP contribution in [0.15, 0.2) is 16.7 Å². The molecule has 0 radical (unpaired) electrons. The van der Waals surface area contributed by atoms with Gasteiger partial charge in [0.25, 0.3) is 6.43 Å². The van der Waals surface area contributed by atoms with Crippen LogP contribution in [0.5, 0.6) is 0 Å². The molecule has 0 fully saturated rings. The van der Waals surface area contributed by atoms with Crippen LogP contribution in [0.4, 0.5) is 8.78 Å². The lowest BCUT2D eigenvalue weighted by molar-refractivity contribution is 0.0946. The third-order valence-corrected chi connectivity index (χ3v) is 2.41. The summed E-state index contributed by atoms with van der Waals surface area (Å²) in [5, 5.41) is 3.34. The van der Waals surface area contributed by atoms with Crippen LogP contribution in [0.25, 0.3) is 0 Å². The highest BCUT2D eigenvalue weighted by atomic mass is 19.3. The number of furan rings is 1. The minimum absolute atomic E-state index is 0.0455. The summed E-state index contributed by atoms with van der Waals surface area (Å²) >= 11 is 0. The van der Waals surface area contributed by atoms with Crippen LogP contribution in [0.2, 0.25) is 0 Å². The first-order valence-corrected chi connectivity index (χ1v) is 6.04. The van der Waals surface area contributed by atoms with Gasteiger partial charge in [-0.05, 0) is 33.9 Å². The molecule has 0 saturated heterocycles. The highest BCUT2D eigenvalue weighted by Gasteiger charge is 2.12. The zero-order valence-corrected chi connectivity index (χ0v) is 11.5. The second kappa shape index (κ2) is 6.29. The van der Waals surface area contributed by atoms with Gasteiger partial charge in [0.1, 0.15) is 5.76 Å². The Labute approximate surface area is 107 Å². The quantitative estimate of drug-likeness (QED) is 0.852. The molecule has 0 amide bonds. The molecule has 0 atom stereocenters. The zero-order valence-electron chi connectivity index (χ0n) is 11.5. The van der Waals surface area contributed by atoms with E-state index in [0.717, 1.165) is 5.56 Å². The third kappa shape index (κ3) is 6.12. The minimum atomic E-state index is -2.31. The largest absolute Gasteiger partial charge is 0.468 e. The smallest absolute Gasteiger partial charge is 0.251 e. The van der Waals surface area contributed by atoms with E-state index in [-0.39, 0.29) is 12.1 Å². The fourth-order valence-corrected chi connectivity index (χ4v) is 1.54. The van der Waals surface area contributed by atoms with Gasteiger partial charge in [-0.1, -0.05) is 0 Å². The summed E-state index contributed by atoms with van der Waals surface area (Å²) in [4.78, 5) is 1.55.